The molecule has 1 rings (SSSR count). The third-order valence-electron chi connectivity index (χ3n) is 2.08. The molecule has 0 radical (unpaired) electrons. The number of hydrogen-bond donors (Lipinski definition) is 2. The molecule has 1 unspecified atom stereocenters. The smallest absolute Gasteiger partial charge is 0.330 e. The molecule has 0 aliphatic carbocycles. The number of rotatable bonds is 5. The summed E-state index contributed by atoms with van der Waals surface area (Å²) in [6.45, 7) is 1.40. The zero-order valence-corrected chi connectivity index (χ0v) is 8.77. The molecule has 1 aromatic heterocycles. The molecule has 1 heterocycles. The molecule has 7 heteroatoms. The number of hydrogen-bond acceptors (Lipinski definition) is 4. The Labute approximate surface area is 90.3 Å². The van der Waals surface area contributed by atoms with Gasteiger partial charge in [-0.25, -0.2) is 4.79 Å². The number of halogens is 1. The van der Waals surface area contributed by atoms with Crippen LogP contribution in [0.25, 0.3) is 0 Å². The number of nitrogens with zero attached hydrogens (tertiary/aromatic N) is 1. The number of aliphatic hydroxyl groups is 1. The molecular formula is C9H13FN2O4. The summed E-state index contributed by atoms with van der Waals surface area (Å²) < 4.78 is 18.8. The van der Waals surface area contributed by atoms with E-state index >= 15 is 0 Å². The summed E-state index contributed by atoms with van der Waals surface area (Å²) in [5.74, 6) is -1.06. The minimum absolute atomic E-state index is 0.183. The molecular weight excluding hydrogens is 219 g/mol. The van der Waals surface area contributed by atoms with E-state index in [2.05, 4.69) is 0 Å². The van der Waals surface area contributed by atoms with Crippen LogP contribution in [0.4, 0.5) is 4.39 Å². The van der Waals surface area contributed by atoms with Crippen molar-refractivity contribution in [2.75, 3.05) is 6.61 Å². The fourth-order valence-electron chi connectivity index (χ4n) is 1.06. The van der Waals surface area contributed by atoms with Crippen LogP contribution in [0.15, 0.2) is 15.8 Å². The Kier molecular flexibility index (Phi) is 4.39. The second-order valence-corrected chi connectivity index (χ2v) is 3.21. The van der Waals surface area contributed by atoms with Crippen molar-refractivity contribution in [3.05, 3.63) is 32.9 Å². The van der Waals surface area contributed by atoms with E-state index in [0.29, 0.717) is 6.42 Å². The van der Waals surface area contributed by atoms with Crippen LogP contribution in [-0.4, -0.2) is 27.4 Å². The third kappa shape index (κ3) is 3.01. The van der Waals surface area contributed by atoms with Gasteiger partial charge in [-0.3, -0.25) is 14.3 Å². The molecule has 1 atom stereocenters. The lowest BCUT2D eigenvalue weighted by Crippen LogP contribution is -2.33. The molecule has 0 aliphatic rings. The van der Waals surface area contributed by atoms with Crippen LogP contribution in [0.1, 0.15) is 13.3 Å². The van der Waals surface area contributed by atoms with Crippen LogP contribution >= 0.6 is 0 Å². The standard InChI is InChI=1S/C9H13FN2O4/c1-2-6(4-13)16-5-12-3-7(10)8(14)11-9(12)15/h3,6,13H,2,4-5H2,1H3,(H,11,14,15). The highest BCUT2D eigenvalue weighted by atomic mass is 19.1. The van der Waals surface area contributed by atoms with Gasteiger partial charge in [-0.2, -0.15) is 4.39 Å². The highest BCUT2D eigenvalue weighted by Gasteiger charge is 2.07. The third-order valence-corrected chi connectivity index (χ3v) is 2.08. The molecule has 0 aliphatic heterocycles. The fraction of sp³-hybridized carbons (Fsp3) is 0.556. The van der Waals surface area contributed by atoms with Crippen LogP contribution in [0, 0.1) is 5.82 Å². The van der Waals surface area contributed by atoms with E-state index in [1.807, 2.05) is 0 Å². The van der Waals surface area contributed by atoms with Gasteiger partial charge in [-0.1, -0.05) is 6.92 Å². The average molecular weight is 232 g/mol. The van der Waals surface area contributed by atoms with Gasteiger partial charge in [0.2, 0.25) is 5.82 Å². The molecule has 2 N–H and O–H groups in total. The molecule has 0 aromatic carbocycles. The number of H-pyrrole nitrogens is 1. The van der Waals surface area contributed by atoms with E-state index in [-0.39, 0.29) is 13.3 Å². The Balaban J connectivity index is 2.78. The van der Waals surface area contributed by atoms with Crippen LogP contribution in [0.2, 0.25) is 0 Å². The topological polar surface area (TPSA) is 84.3 Å². The van der Waals surface area contributed by atoms with Gasteiger partial charge in [0.25, 0.3) is 5.56 Å². The zero-order valence-electron chi connectivity index (χ0n) is 8.77. The highest BCUT2D eigenvalue weighted by Crippen LogP contribution is 1.97. The summed E-state index contributed by atoms with van der Waals surface area (Å²) in [5.41, 5.74) is -1.81. The van der Waals surface area contributed by atoms with E-state index in [0.717, 1.165) is 10.8 Å². The van der Waals surface area contributed by atoms with Crippen molar-refractivity contribution in [3.63, 3.8) is 0 Å². The van der Waals surface area contributed by atoms with Crippen molar-refractivity contribution in [2.45, 2.75) is 26.2 Å². The first kappa shape index (κ1) is 12.6. The Bertz CT molecular complexity index is 450. The minimum Gasteiger partial charge on any atom is -0.394 e. The van der Waals surface area contributed by atoms with Gasteiger partial charge in [0.1, 0.15) is 6.73 Å². The summed E-state index contributed by atoms with van der Waals surface area (Å²) in [6, 6.07) is 0. The Hall–Kier alpha value is -1.47. The predicted octanol–water partition coefficient (Wildman–Crippen LogP) is -0.579. The maximum absolute atomic E-state index is 12.8. The zero-order chi connectivity index (χ0) is 12.1. The second-order valence-electron chi connectivity index (χ2n) is 3.21. The van der Waals surface area contributed by atoms with Crippen LogP contribution in [0.3, 0.4) is 0 Å². The summed E-state index contributed by atoms with van der Waals surface area (Å²) in [5, 5.41) is 8.83. The van der Waals surface area contributed by atoms with E-state index < -0.39 is 23.2 Å². The van der Waals surface area contributed by atoms with E-state index in [4.69, 9.17) is 9.84 Å². The predicted molar refractivity (Wildman–Crippen MR) is 53.5 cm³/mol. The Morgan fingerprint density at radius 1 is 1.62 bits per heavy atom. The quantitative estimate of drug-likeness (QED) is 0.711. The molecule has 1 aromatic rings. The van der Waals surface area contributed by atoms with Gasteiger partial charge < -0.3 is 9.84 Å². The second kappa shape index (κ2) is 5.57. The number of aliphatic hydroxyl groups excluding tert-OH is 1. The molecule has 16 heavy (non-hydrogen) atoms. The van der Waals surface area contributed by atoms with E-state index in [1.54, 1.807) is 11.9 Å². The molecule has 0 spiro atoms. The van der Waals surface area contributed by atoms with Gasteiger partial charge >= 0.3 is 5.69 Å². The van der Waals surface area contributed by atoms with Crippen molar-refractivity contribution < 1.29 is 14.2 Å². The maximum atomic E-state index is 12.8. The average Bonchev–Trinajstić information content (AvgIpc) is 2.26. The first-order chi connectivity index (χ1) is 7.58. The summed E-state index contributed by atoms with van der Waals surface area (Å²) in [4.78, 5) is 23.7. The van der Waals surface area contributed by atoms with Crippen molar-refractivity contribution in [1.82, 2.24) is 9.55 Å². The number of nitrogens with one attached hydrogen (secondary N) is 1. The van der Waals surface area contributed by atoms with Crippen LogP contribution in [-0.2, 0) is 11.5 Å². The summed E-state index contributed by atoms with van der Waals surface area (Å²) in [7, 11) is 0. The minimum atomic E-state index is -1.06. The Morgan fingerprint density at radius 3 is 2.88 bits per heavy atom. The molecule has 0 saturated heterocycles. The lowest BCUT2D eigenvalue weighted by Gasteiger charge is -2.13. The van der Waals surface area contributed by atoms with Gasteiger partial charge in [0.05, 0.1) is 18.9 Å². The van der Waals surface area contributed by atoms with Gasteiger partial charge in [0.15, 0.2) is 0 Å². The van der Waals surface area contributed by atoms with Crippen molar-refractivity contribution in [1.29, 1.82) is 0 Å². The largest absolute Gasteiger partial charge is 0.394 e. The van der Waals surface area contributed by atoms with Crippen LogP contribution < -0.4 is 11.2 Å². The fourth-order valence-corrected chi connectivity index (χ4v) is 1.06. The first-order valence-electron chi connectivity index (χ1n) is 4.80. The maximum Gasteiger partial charge on any atom is 0.330 e. The lowest BCUT2D eigenvalue weighted by molar-refractivity contribution is -0.0272. The lowest BCUT2D eigenvalue weighted by atomic mass is 10.3. The molecule has 6 nitrogen and oxygen atoms in total. The monoisotopic (exact) mass is 232 g/mol. The van der Waals surface area contributed by atoms with Gasteiger partial charge in [-0.15, -0.1) is 0 Å². The van der Waals surface area contributed by atoms with E-state index in [9.17, 15) is 14.0 Å². The molecule has 90 valence electrons. The molecule has 0 saturated carbocycles. The van der Waals surface area contributed by atoms with Crippen molar-refractivity contribution in [2.24, 2.45) is 0 Å². The SMILES string of the molecule is CCC(CO)OCn1cc(F)c(=O)[nH]c1=O. The summed E-state index contributed by atoms with van der Waals surface area (Å²) >= 11 is 0. The van der Waals surface area contributed by atoms with Crippen LogP contribution in [0.5, 0.6) is 0 Å². The molecule has 0 bridgehead atoms. The van der Waals surface area contributed by atoms with Crippen molar-refractivity contribution in [3.8, 4) is 0 Å². The Morgan fingerprint density at radius 2 is 2.31 bits per heavy atom. The summed E-state index contributed by atoms with van der Waals surface area (Å²) in [6.07, 6.45) is 0.921. The molecule has 0 amide bonds. The number of ether oxygens (including phenoxy) is 1. The first-order valence-corrected chi connectivity index (χ1v) is 4.80. The van der Waals surface area contributed by atoms with E-state index in [1.165, 1.54) is 0 Å². The number of aromatic nitrogens is 2. The number of aromatic amines is 1. The van der Waals surface area contributed by atoms with Crippen molar-refractivity contribution >= 4 is 0 Å². The normalized spacial score (nSPS) is 12.7. The molecule has 0 fully saturated rings. The van der Waals surface area contributed by atoms with Gasteiger partial charge in [-0.05, 0) is 6.42 Å². The van der Waals surface area contributed by atoms with Gasteiger partial charge in [0, 0.05) is 0 Å². The highest BCUT2D eigenvalue weighted by molar-refractivity contribution is 4.86.